The Morgan fingerprint density at radius 1 is 1.44 bits per heavy atom. The van der Waals surface area contributed by atoms with Crippen molar-refractivity contribution in [2.75, 3.05) is 6.61 Å². The van der Waals surface area contributed by atoms with E-state index < -0.39 is 0 Å². The summed E-state index contributed by atoms with van der Waals surface area (Å²) in [5.74, 6) is 0.783. The molecule has 0 bridgehead atoms. The molecule has 0 aromatic heterocycles. The number of benzene rings is 1. The number of hydrogen-bond acceptors (Lipinski definition) is 3. The number of aromatic hydroxyl groups is 1. The predicted octanol–water partition coefficient (Wildman–Crippen LogP) is 2.43. The Kier molecular flexibility index (Phi) is 3.06. The summed E-state index contributed by atoms with van der Waals surface area (Å²) in [6.07, 6.45) is 2.51. The fourth-order valence-corrected chi connectivity index (χ4v) is 1.62. The smallest absolute Gasteiger partial charge is 0.161 e. The van der Waals surface area contributed by atoms with Crippen LogP contribution in [0.15, 0.2) is 18.2 Å². The Hall–Kier alpha value is -1.22. The topological polar surface area (TPSA) is 41.5 Å². The average Bonchev–Trinajstić information content (AvgIpc) is 2.99. The minimum atomic E-state index is 0.211. The number of phenols is 1. The molecule has 1 aromatic rings. The molecule has 16 heavy (non-hydrogen) atoms. The summed E-state index contributed by atoms with van der Waals surface area (Å²) in [5.41, 5.74) is 1.48. The van der Waals surface area contributed by atoms with Crippen LogP contribution >= 0.6 is 0 Å². The van der Waals surface area contributed by atoms with E-state index in [-0.39, 0.29) is 5.75 Å². The van der Waals surface area contributed by atoms with Crippen molar-refractivity contribution in [3.63, 3.8) is 0 Å². The normalized spacial score (nSPS) is 17.1. The monoisotopic (exact) mass is 221 g/mol. The Morgan fingerprint density at radius 2 is 2.19 bits per heavy atom. The lowest BCUT2D eigenvalue weighted by molar-refractivity contribution is 0.317. The summed E-state index contributed by atoms with van der Waals surface area (Å²) in [6.45, 7) is 5.55. The van der Waals surface area contributed by atoms with E-state index in [1.54, 1.807) is 6.07 Å². The van der Waals surface area contributed by atoms with Gasteiger partial charge in [-0.1, -0.05) is 6.07 Å². The largest absolute Gasteiger partial charge is 0.504 e. The first-order chi connectivity index (χ1) is 7.63. The van der Waals surface area contributed by atoms with Gasteiger partial charge < -0.3 is 15.2 Å². The lowest BCUT2D eigenvalue weighted by Gasteiger charge is -2.12. The van der Waals surface area contributed by atoms with Gasteiger partial charge in [-0.15, -0.1) is 0 Å². The SMILES string of the molecule is CCOc1cc(CNC2(C)CC2)ccc1O. The Bertz CT molecular complexity index is 372. The summed E-state index contributed by atoms with van der Waals surface area (Å²) in [4.78, 5) is 0. The first-order valence-electron chi connectivity index (χ1n) is 5.83. The number of phenolic OH excluding ortho intramolecular Hbond substituents is 1. The summed E-state index contributed by atoms with van der Waals surface area (Å²) >= 11 is 0. The Labute approximate surface area is 96.4 Å². The first-order valence-corrected chi connectivity index (χ1v) is 5.83. The van der Waals surface area contributed by atoms with Gasteiger partial charge in [0.1, 0.15) is 0 Å². The highest BCUT2D eigenvalue weighted by molar-refractivity contribution is 5.41. The third-order valence-electron chi connectivity index (χ3n) is 3.04. The second kappa shape index (κ2) is 4.34. The van der Waals surface area contributed by atoms with E-state index in [1.165, 1.54) is 12.8 Å². The van der Waals surface area contributed by atoms with Gasteiger partial charge in [0.2, 0.25) is 0 Å². The van der Waals surface area contributed by atoms with E-state index in [9.17, 15) is 5.11 Å². The minimum absolute atomic E-state index is 0.211. The zero-order chi connectivity index (χ0) is 11.6. The van der Waals surface area contributed by atoms with E-state index in [2.05, 4.69) is 12.2 Å². The van der Waals surface area contributed by atoms with E-state index in [0.29, 0.717) is 17.9 Å². The van der Waals surface area contributed by atoms with Crippen LogP contribution in [-0.2, 0) is 6.54 Å². The van der Waals surface area contributed by atoms with Crippen LogP contribution in [0.25, 0.3) is 0 Å². The van der Waals surface area contributed by atoms with Crippen LogP contribution in [0.1, 0.15) is 32.3 Å². The fraction of sp³-hybridized carbons (Fsp3) is 0.538. The van der Waals surface area contributed by atoms with Crippen molar-refractivity contribution in [1.29, 1.82) is 0 Å². The fourth-order valence-electron chi connectivity index (χ4n) is 1.62. The molecule has 0 unspecified atom stereocenters. The molecule has 1 fully saturated rings. The van der Waals surface area contributed by atoms with Crippen molar-refractivity contribution in [1.82, 2.24) is 5.32 Å². The summed E-state index contributed by atoms with van der Waals surface area (Å²) in [7, 11) is 0. The highest BCUT2D eigenvalue weighted by Crippen LogP contribution is 2.35. The molecule has 88 valence electrons. The zero-order valence-electron chi connectivity index (χ0n) is 9.92. The van der Waals surface area contributed by atoms with Crippen LogP contribution in [0.4, 0.5) is 0 Å². The molecule has 3 nitrogen and oxygen atoms in total. The molecule has 3 heteroatoms. The van der Waals surface area contributed by atoms with E-state index in [0.717, 1.165) is 12.1 Å². The maximum absolute atomic E-state index is 9.56. The standard InChI is InChI=1S/C13H19NO2/c1-3-16-12-8-10(4-5-11(12)15)9-14-13(2)6-7-13/h4-5,8,14-15H,3,6-7,9H2,1-2H3. The van der Waals surface area contributed by atoms with Crippen molar-refractivity contribution >= 4 is 0 Å². The molecule has 0 radical (unpaired) electrons. The van der Waals surface area contributed by atoms with Gasteiger partial charge in [0.25, 0.3) is 0 Å². The van der Waals surface area contributed by atoms with Crippen LogP contribution in [0, 0.1) is 0 Å². The van der Waals surface area contributed by atoms with Crippen LogP contribution in [0.5, 0.6) is 11.5 Å². The zero-order valence-corrected chi connectivity index (χ0v) is 9.92. The maximum atomic E-state index is 9.56. The van der Waals surface area contributed by atoms with Crippen molar-refractivity contribution < 1.29 is 9.84 Å². The molecule has 1 saturated carbocycles. The highest BCUT2D eigenvalue weighted by Gasteiger charge is 2.36. The van der Waals surface area contributed by atoms with Crippen molar-refractivity contribution in [3.8, 4) is 11.5 Å². The molecule has 1 aromatic carbocycles. The Balaban J connectivity index is 2.00. The van der Waals surface area contributed by atoms with Crippen molar-refractivity contribution in [2.45, 2.75) is 38.8 Å². The first kappa shape index (κ1) is 11.3. The minimum Gasteiger partial charge on any atom is -0.504 e. The average molecular weight is 221 g/mol. The van der Waals surface area contributed by atoms with Gasteiger partial charge in [-0.05, 0) is 44.4 Å². The number of hydrogen-bond donors (Lipinski definition) is 2. The molecule has 0 aliphatic heterocycles. The van der Waals surface area contributed by atoms with Crippen LogP contribution in [0.3, 0.4) is 0 Å². The van der Waals surface area contributed by atoms with Crippen molar-refractivity contribution in [2.24, 2.45) is 0 Å². The summed E-state index contributed by atoms with van der Waals surface area (Å²) < 4.78 is 5.35. The molecule has 1 aliphatic carbocycles. The number of rotatable bonds is 5. The van der Waals surface area contributed by atoms with Gasteiger partial charge in [0.05, 0.1) is 6.61 Å². The number of nitrogens with one attached hydrogen (secondary N) is 1. The van der Waals surface area contributed by atoms with Gasteiger partial charge >= 0.3 is 0 Å². The molecule has 0 heterocycles. The molecular weight excluding hydrogens is 202 g/mol. The molecule has 0 spiro atoms. The highest BCUT2D eigenvalue weighted by atomic mass is 16.5. The number of ether oxygens (including phenoxy) is 1. The van der Waals surface area contributed by atoms with Gasteiger partial charge in [0.15, 0.2) is 11.5 Å². The second-order valence-corrected chi connectivity index (χ2v) is 4.65. The lowest BCUT2D eigenvalue weighted by Crippen LogP contribution is -2.26. The summed E-state index contributed by atoms with van der Waals surface area (Å²) in [6, 6.07) is 5.52. The van der Waals surface area contributed by atoms with Gasteiger partial charge in [0, 0.05) is 12.1 Å². The second-order valence-electron chi connectivity index (χ2n) is 4.65. The molecule has 0 amide bonds. The quantitative estimate of drug-likeness (QED) is 0.802. The van der Waals surface area contributed by atoms with Gasteiger partial charge in [-0.3, -0.25) is 0 Å². The predicted molar refractivity (Wildman–Crippen MR) is 63.8 cm³/mol. The molecule has 1 aliphatic rings. The maximum Gasteiger partial charge on any atom is 0.161 e. The van der Waals surface area contributed by atoms with E-state index in [1.807, 2.05) is 19.1 Å². The van der Waals surface area contributed by atoms with Gasteiger partial charge in [-0.25, -0.2) is 0 Å². The molecule has 0 saturated heterocycles. The third kappa shape index (κ3) is 2.67. The van der Waals surface area contributed by atoms with Crippen LogP contribution in [0.2, 0.25) is 0 Å². The Morgan fingerprint density at radius 3 is 2.81 bits per heavy atom. The van der Waals surface area contributed by atoms with E-state index in [4.69, 9.17) is 4.74 Å². The van der Waals surface area contributed by atoms with Gasteiger partial charge in [-0.2, -0.15) is 0 Å². The molecule has 2 rings (SSSR count). The van der Waals surface area contributed by atoms with Crippen LogP contribution < -0.4 is 10.1 Å². The molecule has 2 N–H and O–H groups in total. The molecule has 0 atom stereocenters. The van der Waals surface area contributed by atoms with Crippen molar-refractivity contribution in [3.05, 3.63) is 23.8 Å². The lowest BCUT2D eigenvalue weighted by atomic mass is 10.2. The van der Waals surface area contributed by atoms with E-state index >= 15 is 0 Å². The van der Waals surface area contributed by atoms with Crippen LogP contribution in [-0.4, -0.2) is 17.3 Å². The molecular formula is C13H19NO2. The summed E-state index contributed by atoms with van der Waals surface area (Å²) in [5, 5.41) is 13.1. The third-order valence-corrected chi connectivity index (χ3v) is 3.04.